The largest absolute Gasteiger partial charge is 0.493 e. The molecular formula is C16H24N2O. The smallest absolute Gasteiger partial charge is 0.122 e. The van der Waals surface area contributed by atoms with Crippen LogP contribution < -0.4 is 10.2 Å². The fourth-order valence-electron chi connectivity index (χ4n) is 3.27. The molecule has 3 heteroatoms. The van der Waals surface area contributed by atoms with Gasteiger partial charge in [0, 0.05) is 25.0 Å². The summed E-state index contributed by atoms with van der Waals surface area (Å²) in [5.74, 6) is 1.07. The van der Waals surface area contributed by atoms with Crippen LogP contribution in [0.15, 0.2) is 18.2 Å². The molecule has 2 aliphatic rings. The summed E-state index contributed by atoms with van der Waals surface area (Å²) in [6, 6.07) is 7.86. The van der Waals surface area contributed by atoms with Crippen molar-refractivity contribution in [3.05, 3.63) is 29.3 Å². The van der Waals surface area contributed by atoms with Gasteiger partial charge in [0.15, 0.2) is 0 Å². The van der Waals surface area contributed by atoms with Crippen LogP contribution in [0, 0.1) is 0 Å². The highest BCUT2D eigenvalue weighted by atomic mass is 16.5. The number of benzene rings is 1. The minimum Gasteiger partial charge on any atom is -0.493 e. The first-order valence-corrected chi connectivity index (χ1v) is 7.50. The minimum atomic E-state index is 0.640. The summed E-state index contributed by atoms with van der Waals surface area (Å²) in [5, 5.41) is 2.44. The maximum Gasteiger partial charge on any atom is 0.122 e. The molecule has 19 heavy (non-hydrogen) atoms. The summed E-state index contributed by atoms with van der Waals surface area (Å²) in [4.78, 5) is 0. The number of fused-ring (bicyclic) bond motifs is 1. The van der Waals surface area contributed by atoms with E-state index >= 15 is 0 Å². The van der Waals surface area contributed by atoms with Gasteiger partial charge < -0.3 is 4.74 Å². The van der Waals surface area contributed by atoms with Crippen molar-refractivity contribution in [2.24, 2.45) is 0 Å². The molecule has 0 spiro atoms. The Kier molecular flexibility index (Phi) is 3.76. The molecule has 1 saturated heterocycles. The standard InChI is InChI=1S/C16H24N2O/c1-12-4-3-5-13(2)18(12)17-11-14-6-7-16-15(10-14)8-9-19-16/h6-7,10,12-13,17H,3-5,8-9,11H2,1-2H3. The summed E-state index contributed by atoms with van der Waals surface area (Å²) in [5.41, 5.74) is 6.34. The molecule has 2 aliphatic heterocycles. The third kappa shape index (κ3) is 2.77. The van der Waals surface area contributed by atoms with Crippen LogP contribution in [0.5, 0.6) is 5.75 Å². The predicted octanol–water partition coefficient (Wildman–Crippen LogP) is 2.89. The number of rotatable bonds is 3. The SMILES string of the molecule is CC1CCCC(C)N1NCc1ccc2c(c1)CCO2. The molecular weight excluding hydrogens is 236 g/mol. The van der Waals surface area contributed by atoms with Crippen LogP contribution in [0.4, 0.5) is 0 Å². The topological polar surface area (TPSA) is 24.5 Å². The zero-order valence-electron chi connectivity index (χ0n) is 12.0. The Bertz CT molecular complexity index is 436. The van der Waals surface area contributed by atoms with Crippen LogP contribution in [0.3, 0.4) is 0 Å². The van der Waals surface area contributed by atoms with Crippen molar-refractivity contribution in [2.45, 2.75) is 58.2 Å². The van der Waals surface area contributed by atoms with Gasteiger partial charge in [0.2, 0.25) is 0 Å². The monoisotopic (exact) mass is 260 g/mol. The Labute approximate surface area is 115 Å². The van der Waals surface area contributed by atoms with Crippen molar-refractivity contribution in [1.29, 1.82) is 0 Å². The molecule has 0 aliphatic carbocycles. The number of piperidine rings is 1. The average Bonchev–Trinajstić information content (AvgIpc) is 2.85. The second kappa shape index (κ2) is 5.51. The van der Waals surface area contributed by atoms with Gasteiger partial charge in [0.25, 0.3) is 0 Å². The second-order valence-electron chi connectivity index (χ2n) is 5.91. The lowest BCUT2D eigenvalue weighted by Crippen LogP contribution is -2.51. The van der Waals surface area contributed by atoms with Gasteiger partial charge in [-0.15, -0.1) is 0 Å². The summed E-state index contributed by atoms with van der Waals surface area (Å²) in [6.07, 6.45) is 5.02. The van der Waals surface area contributed by atoms with Crippen LogP contribution in [-0.4, -0.2) is 23.7 Å². The zero-order valence-corrected chi connectivity index (χ0v) is 12.0. The Morgan fingerprint density at radius 3 is 2.84 bits per heavy atom. The first-order chi connectivity index (χ1) is 9.24. The van der Waals surface area contributed by atoms with E-state index in [-0.39, 0.29) is 0 Å². The van der Waals surface area contributed by atoms with Crippen molar-refractivity contribution >= 4 is 0 Å². The van der Waals surface area contributed by atoms with E-state index in [0.29, 0.717) is 12.1 Å². The molecule has 0 aromatic heterocycles. The fourth-order valence-corrected chi connectivity index (χ4v) is 3.27. The Morgan fingerprint density at radius 2 is 2.05 bits per heavy atom. The fraction of sp³-hybridized carbons (Fsp3) is 0.625. The molecule has 3 nitrogen and oxygen atoms in total. The quantitative estimate of drug-likeness (QED) is 0.904. The molecule has 104 valence electrons. The van der Waals surface area contributed by atoms with Crippen LogP contribution in [0.2, 0.25) is 0 Å². The summed E-state index contributed by atoms with van der Waals surface area (Å²) >= 11 is 0. The summed E-state index contributed by atoms with van der Waals surface area (Å²) < 4.78 is 5.55. The Morgan fingerprint density at radius 1 is 1.26 bits per heavy atom. The van der Waals surface area contributed by atoms with Gasteiger partial charge in [-0.2, -0.15) is 0 Å². The third-order valence-electron chi connectivity index (χ3n) is 4.41. The van der Waals surface area contributed by atoms with E-state index in [1.807, 2.05) is 0 Å². The van der Waals surface area contributed by atoms with E-state index in [4.69, 9.17) is 4.74 Å². The highest BCUT2D eigenvalue weighted by Crippen LogP contribution is 2.26. The molecule has 2 atom stereocenters. The van der Waals surface area contributed by atoms with Crippen LogP contribution in [0.1, 0.15) is 44.2 Å². The number of ether oxygens (including phenoxy) is 1. The molecule has 0 saturated carbocycles. The number of hydrogen-bond acceptors (Lipinski definition) is 3. The number of hydrazine groups is 1. The molecule has 1 fully saturated rings. The first-order valence-electron chi connectivity index (χ1n) is 7.50. The van der Waals surface area contributed by atoms with Gasteiger partial charge in [-0.1, -0.05) is 18.6 Å². The van der Waals surface area contributed by atoms with E-state index in [0.717, 1.165) is 25.3 Å². The Hall–Kier alpha value is -1.06. The van der Waals surface area contributed by atoms with Crippen LogP contribution in [-0.2, 0) is 13.0 Å². The van der Waals surface area contributed by atoms with Crippen molar-refractivity contribution in [1.82, 2.24) is 10.4 Å². The third-order valence-corrected chi connectivity index (χ3v) is 4.41. The van der Waals surface area contributed by atoms with Gasteiger partial charge >= 0.3 is 0 Å². The maximum atomic E-state index is 5.55. The molecule has 0 radical (unpaired) electrons. The molecule has 2 unspecified atom stereocenters. The van der Waals surface area contributed by atoms with Crippen molar-refractivity contribution in [3.8, 4) is 5.75 Å². The highest BCUT2D eigenvalue weighted by Gasteiger charge is 2.24. The number of nitrogens with one attached hydrogen (secondary N) is 1. The second-order valence-corrected chi connectivity index (χ2v) is 5.91. The van der Waals surface area contributed by atoms with Gasteiger partial charge in [0.1, 0.15) is 5.75 Å². The van der Waals surface area contributed by atoms with E-state index in [9.17, 15) is 0 Å². The zero-order chi connectivity index (χ0) is 13.2. The van der Waals surface area contributed by atoms with Gasteiger partial charge in [0.05, 0.1) is 6.61 Å². The molecule has 0 amide bonds. The van der Waals surface area contributed by atoms with Gasteiger partial charge in [-0.25, -0.2) is 5.01 Å². The van der Waals surface area contributed by atoms with Crippen LogP contribution >= 0.6 is 0 Å². The van der Waals surface area contributed by atoms with E-state index in [2.05, 4.69) is 42.5 Å². The Balaban J connectivity index is 1.62. The molecule has 1 N–H and O–H groups in total. The van der Waals surface area contributed by atoms with Crippen molar-refractivity contribution in [2.75, 3.05) is 6.61 Å². The average molecular weight is 260 g/mol. The van der Waals surface area contributed by atoms with Gasteiger partial charge in [-0.3, -0.25) is 5.43 Å². The van der Waals surface area contributed by atoms with E-state index in [1.165, 1.54) is 30.4 Å². The molecule has 2 heterocycles. The highest BCUT2D eigenvalue weighted by molar-refractivity contribution is 5.39. The predicted molar refractivity (Wildman–Crippen MR) is 77.1 cm³/mol. The molecule has 1 aromatic rings. The van der Waals surface area contributed by atoms with Crippen molar-refractivity contribution in [3.63, 3.8) is 0 Å². The first kappa shape index (κ1) is 12.9. The van der Waals surface area contributed by atoms with Gasteiger partial charge in [-0.05, 0) is 43.9 Å². The normalized spacial score (nSPS) is 27.1. The molecule has 1 aromatic carbocycles. The lowest BCUT2D eigenvalue weighted by molar-refractivity contribution is 0.0435. The lowest BCUT2D eigenvalue weighted by Gasteiger charge is -2.39. The summed E-state index contributed by atoms with van der Waals surface area (Å²) in [7, 11) is 0. The lowest BCUT2D eigenvalue weighted by atomic mass is 10.00. The van der Waals surface area contributed by atoms with E-state index in [1.54, 1.807) is 0 Å². The van der Waals surface area contributed by atoms with Crippen LogP contribution in [0.25, 0.3) is 0 Å². The number of nitrogens with zero attached hydrogens (tertiary/aromatic N) is 1. The molecule has 3 rings (SSSR count). The maximum absolute atomic E-state index is 5.55. The van der Waals surface area contributed by atoms with E-state index < -0.39 is 0 Å². The summed E-state index contributed by atoms with van der Waals surface area (Å²) in [6.45, 7) is 6.40. The molecule has 0 bridgehead atoms. The number of hydrogen-bond donors (Lipinski definition) is 1. The minimum absolute atomic E-state index is 0.640. The van der Waals surface area contributed by atoms with Crippen molar-refractivity contribution < 1.29 is 4.74 Å².